The fourth-order valence-electron chi connectivity index (χ4n) is 8.13. The lowest BCUT2D eigenvalue weighted by Gasteiger charge is -2.18. The van der Waals surface area contributed by atoms with Gasteiger partial charge in [-0.25, -0.2) is 0 Å². The summed E-state index contributed by atoms with van der Waals surface area (Å²) >= 11 is 0. The van der Waals surface area contributed by atoms with Crippen LogP contribution in [0.15, 0.2) is 134 Å². The van der Waals surface area contributed by atoms with Crippen molar-refractivity contribution in [2.45, 2.75) is 271 Å². The minimum absolute atomic E-state index is 0.103. The van der Waals surface area contributed by atoms with Crippen LogP contribution < -0.4 is 0 Å². The Balaban J connectivity index is 4.13. The predicted molar refractivity (Wildman–Crippen MR) is 325 cm³/mol. The van der Waals surface area contributed by atoms with Crippen LogP contribution in [0.1, 0.15) is 265 Å². The lowest BCUT2D eigenvalue weighted by atomic mass is 10.0. The highest BCUT2D eigenvalue weighted by atomic mass is 16.6. The zero-order valence-electron chi connectivity index (χ0n) is 48.5. The van der Waals surface area contributed by atoms with Gasteiger partial charge in [-0.2, -0.15) is 0 Å². The molecule has 0 aliphatic rings. The number of carbonyl (C=O) groups is 3. The van der Waals surface area contributed by atoms with Crippen LogP contribution in [0, 0.1) is 0 Å². The second-order valence-corrected chi connectivity index (χ2v) is 19.9. The van der Waals surface area contributed by atoms with Crippen LogP contribution in [0.3, 0.4) is 0 Å². The summed E-state index contributed by atoms with van der Waals surface area (Å²) in [6.07, 6.45) is 88.0. The molecular weight excluding hydrogens is 925 g/mol. The summed E-state index contributed by atoms with van der Waals surface area (Å²) in [4.78, 5) is 37.9. The van der Waals surface area contributed by atoms with Crippen LogP contribution in [-0.2, 0) is 28.6 Å². The van der Waals surface area contributed by atoms with Gasteiger partial charge in [-0.1, -0.05) is 270 Å². The molecular formula is C69H112O6. The molecule has 6 nitrogen and oxygen atoms in total. The zero-order chi connectivity index (χ0) is 54.3. The molecule has 0 amide bonds. The van der Waals surface area contributed by atoms with Crippen molar-refractivity contribution in [2.24, 2.45) is 0 Å². The average Bonchev–Trinajstić information content (AvgIpc) is 3.41. The first-order valence-corrected chi connectivity index (χ1v) is 30.7. The molecule has 0 aliphatic heterocycles. The fourth-order valence-corrected chi connectivity index (χ4v) is 8.13. The van der Waals surface area contributed by atoms with Gasteiger partial charge >= 0.3 is 17.9 Å². The van der Waals surface area contributed by atoms with Gasteiger partial charge in [0.1, 0.15) is 13.2 Å². The van der Waals surface area contributed by atoms with Crippen molar-refractivity contribution in [3.05, 3.63) is 134 Å². The zero-order valence-corrected chi connectivity index (χ0v) is 48.5. The number of unbranched alkanes of at least 4 members (excludes halogenated alkanes) is 21. The Bertz CT molecular complexity index is 1620. The predicted octanol–water partition coefficient (Wildman–Crippen LogP) is 21.0. The lowest BCUT2D eigenvalue weighted by Crippen LogP contribution is -2.30. The second kappa shape index (κ2) is 62.1. The van der Waals surface area contributed by atoms with E-state index in [1.807, 2.05) is 0 Å². The molecule has 0 aliphatic carbocycles. The summed E-state index contributed by atoms with van der Waals surface area (Å²) in [5.74, 6) is -0.978. The van der Waals surface area contributed by atoms with Crippen LogP contribution in [0.2, 0.25) is 0 Å². The standard InChI is InChI=1S/C69H112O6/c1-4-7-10-13-15-17-19-21-23-25-27-29-31-32-33-34-35-36-38-39-41-43-45-47-49-51-53-56-59-62-68(71)74-65-66(64-73-67(70)61-58-55-12-9-6-3)75-69(72)63-60-57-54-52-50-48-46-44-42-40-37-30-28-26-24-22-20-18-16-14-11-8-5-2/h7-8,10-11,15-18,21-24,27-30,40,42,46,48,52,54,66H,4-6,9,12-14,19-20,25-26,31-39,41,43-45,47,49-51,53,55-65H2,1-3H3/b10-7-,11-8-,17-15-,18-16-,23-21-,24-22-,29-27-,30-28-,42-40-,48-46-,54-52-. The lowest BCUT2D eigenvalue weighted by molar-refractivity contribution is -0.167. The third-order valence-corrected chi connectivity index (χ3v) is 12.7. The number of carbonyl (C=O) groups excluding carboxylic acids is 3. The van der Waals surface area contributed by atoms with E-state index < -0.39 is 6.10 Å². The van der Waals surface area contributed by atoms with Crippen molar-refractivity contribution >= 4 is 17.9 Å². The minimum atomic E-state index is -0.808. The van der Waals surface area contributed by atoms with Gasteiger partial charge in [0, 0.05) is 19.3 Å². The highest BCUT2D eigenvalue weighted by Crippen LogP contribution is 2.16. The van der Waals surface area contributed by atoms with Crippen LogP contribution in [0.25, 0.3) is 0 Å². The van der Waals surface area contributed by atoms with Gasteiger partial charge in [0.05, 0.1) is 0 Å². The molecule has 0 saturated heterocycles. The first-order valence-electron chi connectivity index (χ1n) is 30.7. The van der Waals surface area contributed by atoms with E-state index in [1.54, 1.807) is 0 Å². The van der Waals surface area contributed by atoms with E-state index in [0.717, 1.165) is 128 Å². The van der Waals surface area contributed by atoms with Gasteiger partial charge in [0.15, 0.2) is 6.10 Å². The average molecular weight is 1040 g/mol. The number of hydrogen-bond donors (Lipinski definition) is 0. The molecule has 0 radical (unpaired) electrons. The van der Waals surface area contributed by atoms with Crippen LogP contribution >= 0.6 is 0 Å². The molecule has 0 aromatic carbocycles. The summed E-state index contributed by atoms with van der Waals surface area (Å²) in [7, 11) is 0. The monoisotopic (exact) mass is 1040 g/mol. The number of allylic oxidation sites excluding steroid dienone is 22. The van der Waals surface area contributed by atoms with E-state index >= 15 is 0 Å². The Morgan fingerprint density at radius 1 is 0.280 bits per heavy atom. The molecule has 0 aromatic rings. The molecule has 75 heavy (non-hydrogen) atoms. The largest absolute Gasteiger partial charge is 0.462 e. The Morgan fingerprint density at radius 2 is 0.533 bits per heavy atom. The third-order valence-electron chi connectivity index (χ3n) is 12.7. The molecule has 0 heterocycles. The molecule has 0 aromatic heterocycles. The summed E-state index contributed by atoms with van der Waals surface area (Å²) in [5, 5.41) is 0. The molecule has 6 heteroatoms. The van der Waals surface area contributed by atoms with Crippen LogP contribution in [0.4, 0.5) is 0 Å². The van der Waals surface area contributed by atoms with Gasteiger partial charge in [0.2, 0.25) is 0 Å². The summed E-state index contributed by atoms with van der Waals surface area (Å²) in [5.41, 5.74) is 0. The Labute approximate surface area is 462 Å². The first-order chi connectivity index (χ1) is 37.0. The summed E-state index contributed by atoms with van der Waals surface area (Å²) in [6, 6.07) is 0. The van der Waals surface area contributed by atoms with E-state index in [4.69, 9.17) is 14.2 Å². The van der Waals surface area contributed by atoms with Crippen LogP contribution in [0.5, 0.6) is 0 Å². The van der Waals surface area contributed by atoms with Crippen LogP contribution in [-0.4, -0.2) is 37.2 Å². The maximum atomic E-state index is 12.8. The maximum absolute atomic E-state index is 12.8. The van der Waals surface area contributed by atoms with Gasteiger partial charge in [-0.05, 0) is 109 Å². The van der Waals surface area contributed by atoms with E-state index in [9.17, 15) is 14.4 Å². The number of esters is 3. The Morgan fingerprint density at radius 3 is 0.853 bits per heavy atom. The third kappa shape index (κ3) is 60.3. The number of rotatable bonds is 54. The Kier molecular flexibility index (Phi) is 58.4. The van der Waals surface area contributed by atoms with E-state index in [-0.39, 0.29) is 37.5 Å². The smallest absolute Gasteiger partial charge is 0.306 e. The van der Waals surface area contributed by atoms with Gasteiger partial charge in [0.25, 0.3) is 0 Å². The SMILES string of the molecule is CC/C=C\C/C=C\C/C=C\C/C=C\C/C=C\C/C=C\C/C=C\CCCC(=O)OC(COC(=O)CCCCCCC)COC(=O)CCCCCCCCCCCCCCCCCC/C=C\C/C=C\C/C=C\C/C=C\CC. The molecule has 0 rings (SSSR count). The molecule has 1 atom stereocenters. The van der Waals surface area contributed by atoms with E-state index in [1.165, 1.54) is 89.9 Å². The summed E-state index contributed by atoms with van der Waals surface area (Å²) in [6.45, 7) is 6.28. The quantitative estimate of drug-likeness (QED) is 0.0261. The van der Waals surface area contributed by atoms with Gasteiger partial charge < -0.3 is 14.2 Å². The first kappa shape index (κ1) is 70.5. The van der Waals surface area contributed by atoms with Crippen molar-refractivity contribution in [2.75, 3.05) is 13.2 Å². The molecule has 0 saturated carbocycles. The fraction of sp³-hybridized carbons (Fsp3) is 0.638. The van der Waals surface area contributed by atoms with E-state index in [2.05, 4.69) is 154 Å². The van der Waals surface area contributed by atoms with Crippen molar-refractivity contribution in [1.82, 2.24) is 0 Å². The van der Waals surface area contributed by atoms with Gasteiger partial charge in [-0.15, -0.1) is 0 Å². The normalized spacial score (nSPS) is 13.1. The van der Waals surface area contributed by atoms with Crippen molar-refractivity contribution in [3.63, 3.8) is 0 Å². The maximum Gasteiger partial charge on any atom is 0.306 e. The number of hydrogen-bond acceptors (Lipinski definition) is 6. The highest BCUT2D eigenvalue weighted by molar-refractivity contribution is 5.71. The minimum Gasteiger partial charge on any atom is -0.462 e. The summed E-state index contributed by atoms with van der Waals surface area (Å²) < 4.78 is 16.7. The van der Waals surface area contributed by atoms with Crippen molar-refractivity contribution in [3.8, 4) is 0 Å². The topological polar surface area (TPSA) is 78.9 Å². The molecule has 0 spiro atoms. The van der Waals surface area contributed by atoms with E-state index in [0.29, 0.717) is 19.3 Å². The highest BCUT2D eigenvalue weighted by Gasteiger charge is 2.19. The van der Waals surface area contributed by atoms with Crippen molar-refractivity contribution < 1.29 is 28.6 Å². The molecule has 0 fully saturated rings. The molecule has 1 unspecified atom stereocenters. The number of ether oxygens (including phenoxy) is 3. The Hall–Kier alpha value is -4.45. The molecule has 0 bridgehead atoms. The van der Waals surface area contributed by atoms with Crippen molar-refractivity contribution in [1.29, 1.82) is 0 Å². The molecule has 0 N–H and O–H groups in total. The second-order valence-electron chi connectivity index (χ2n) is 19.9. The van der Waals surface area contributed by atoms with Gasteiger partial charge in [-0.3, -0.25) is 14.4 Å². The molecule has 424 valence electrons.